The van der Waals surface area contributed by atoms with Crippen LogP contribution in [0, 0.1) is 13.8 Å². The number of piperidine rings is 2. The van der Waals surface area contributed by atoms with Crippen LogP contribution in [0.15, 0.2) is 18.2 Å². The first kappa shape index (κ1) is 18.2. The topological polar surface area (TPSA) is 28.5 Å². The highest BCUT2D eigenvalue weighted by molar-refractivity contribution is 7.80. The van der Waals surface area contributed by atoms with E-state index in [1.54, 1.807) is 0 Å². The van der Waals surface area contributed by atoms with E-state index in [4.69, 9.17) is 12.2 Å². The predicted octanol–water partition coefficient (Wildman–Crippen LogP) is 3.50. The highest BCUT2D eigenvalue weighted by atomic mass is 32.1. The third-order valence-corrected chi connectivity index (χ3v) is 7.33. The van der Waals surface area contributed by atoms with Gasteiger partial charge < -0.3 is 15.5 Å². The van der Waals surface area contributed by atoms with Crippen LogP contribution in [0.5, 0.6) is 0 Å². The number of hydrogen-bond donors (Lipinski definition) is 3. The van der Waals surface area contributed by atoms with Crippen LogP contribution in [0.3, 0.4) is 0 Å². The average molecular weight is 373 g/mol. The van der Waals surface area contributed by atoms with Gasteiger partial charge in [-0.3, -0.25) is 0 Å². The Kier molecular flexibility index (Phi) is 5.51. The normalized spacial score (nSPS) is 31.6. The molecule has 2 saturated heterocycles. The first-order valence-electron chi connectivity index (χ1n) is 10.6. The summed E-state index contributed by atoms with van der Waals surface area (Å²) >= 11 is 5.63. The zero-order valence-corrected chi connectivity index (χ0v) is 17.1. The van der Waals surface area contributed by atoms with Crippen molar-refractivity contribution in [2.45, 2.75) is 95.8 Å². The van der Waals surface area contributed by atoms with E-state index >= 15 is 0 Å². The average Bonchev–Trinajstić information content (AvgIpc) is 3.11. The van der Waals surface area contributed by atoms with Gasteiger partial charge in [0.05, 0.1) is 18.1 Å². The number of benzene rings is 1. The summed E-state index contributed by atoms with van der Waals surface area (Å²) in [6, 6.07) is 9.67. The molecule has 2 aliphatic heterocycles. The maximum atomic E-state index is 5.63. The fourth-order valence-corrected chi connectivity index (χ4v) is 6.07. The second kappa shape index (κ2) is 7.85. The van der Waals surface area contributed by atoms with E-state index in [0.29, 0.717) is 6.04 Å². The van der Waals surface area contributed by atoms with E-state index in [2.05, 4.69) is 42.7 Å². The Morgan fingerprint density at radius 2 is 1.58 bits per heavy atom. The Balaban J connectivity index is 1.35. The van der Waals surface area contributed by atoms with Crippen molar-refractivity contribution < 1.29 is 4.90 Å². The fraction of sp³-hybridized carbons (Fsp3) is 0.682. The van der Waals surface area contributed by atoms with Crippen molar-refractivity contribution in [2.75, 3.05) is 5.32 Å². The summed E-state index contributed by atoms with van der Waals surface area (Å²) in [5, 5.41) is 7.84. The van der Waals surface area contributed by atoms with Crippen LogP contribution in [-0.4, -0.2) is 29.3 Å². The van der Waals surface area contributed by atoms with Gasteiger partial charge in [-0.15, -0.1) is 0 Å². The molecule has 2 unspecified atom stereocenters. The Labute approximate surface area is 163 Å². The molecule has 0 radical (unpaired) electrons. The molecule has 1 aromatic carbocycles. The zero-order chi connectivity index (χ0) is 18.1. The van der Waals surface area contributed by atoms with Crippen molar-refractivity contribution in [3.8, 4) is 0 Å². The minimum atomic E-state index is 0.544. The summed E-state index contributed by atoms with van der Waals surface area (Å²) in [5.41, 5.74) is 3.73. The van der Waals surface area contributed by atoms with Crippen LogP contribution < -0.4 is 15.5 Å². The molecule has 1 aliphatic carbocycles. The van der Waals surface area contributed by atoms with Gasteiger partial charge in [-0.2, -0.15) is 0 Å². The van der Waals surface area contributed by atoms with Gasteiger partial charge in [0, 0.05) is 24.6 Å². The maximum absolute atomic E-state index is 5.63. The first-order chi connectivity index (χ1) is 12.6. The third-order valence-electron chi connectivity index (χ3n) is 7.11. The third kappa shape index (κ3) is 3.91. The molecule has 0 amide bonds. The van der Waals surface area contributed by atoms with Crippen molar-refractivity contribution >= 4 is 23.0 Å². The minimum absolute atomic E-state index is 0.544. The molecule has 142 valence electrons. The molecular weight excluding hydrogens is 338 g/mol. The van der Waals surface area contributed by atoms with Crippen LogP contribution in [0.1, 0.15) is 68.9 Å². The number of quaternary nitrogens is 1. The summed E-state index contributed by atoms with van der Waals surface area (Å²) in [7, 11) is 0. The van der Waals surface area contributed by atoms with Gasteiger partial charge in [-0.1, -0.05) is 6.07 Å². The quantitative estimate of drug-likeness (QED) is 0.709. The lowest BCUT2D eigenvalue weighted by Gasteiger charge is -2.48. The van der Waals surface area contributed by atoms with Crippen LogP contribution in [0.2, 0.25) is 0 Å². The lowest BCUT2D eigenvalue weighted by Crippen LogP contribution is -3.24. The van der Waals surface area contributed by atoms with Crippen LogP contribution in [0.4, 0.5) is 5.69 Å². The largest absolute Gasteiger partial charge is 0.359 e. The first-order valence-corrected chi connectivity index (χ1v) is 11.0. The second-order valence-corrected chi connectivity index (χ2v) is 9.28. The number of nitrogens with one attached hydrogen (secondary N) is 3. The molecular formula is C22H34N3S+. The van der Waals surface area contributed by atoms with Crippen molar-refractivity contribution in [1.82, 2.24) is 5.32 Å². The predicted molar refractivity (Wildman–Crippen MR) is 113 cm³/mol. The molecule has 4 rings (SSSR count). The summed E-state index contributed by atoms with van der Waals surface area (Å²) in [6.45, 7) is 4.30. The summed E-state index contributed by atoms with van der Waals surface area (Å²) in [6.07, 6.45) is 12.7. The SMILES string of the molecule is Cc1ccc(NC(=S)NC2C[C@H]3CCC[C@@H](C2)[NH+]3C2CCCC2)cc1C. The number of anilines is 1. The Hall–Kier alpha value is -1.13. The molecule has 0 aromatic heterocycles. The lowest BCUT2D eigenvalue weighted by molar-refractivity contribution is -0.982. The monoisotopic (exact) mass is 372 g/mol. The molecule has 0 spiro atoms. The standard InChI is InChI=1S/C22H33N3S/c1-15-10-11-17(12-16(15)2)23-22(26)24-18-13-20-8-5-9-21(14-18)25(20)19-6-3-4-7-19/h10-12,18-21H,3-9,13-14H2,1-2H3,(H2,23,24,26)/p+1/t18?,20-,21+. The number of thiocarbonyl (C=S) groups is 1. The molecule has 3 fully saturated rings. The van der Waals surface area contributed by atoms with Crippen molar-refractivity contribution in [2.24, 2.45) is 0 Å². The number of fused-ring (bicyclic) bond motifs is 2. The maximum Gasteiger partial charge on any atom is 0.171 e. The van der Waals surface area contributed by atoms with Crippen molar-refractivity contribution in [1.29, 1.82) is 0 Å². The van der Waals surface area contributed by atoms with Gasteiger partial charge in [0.15, 0.2) is 5.11 Å². The number of rotatable bonds is 3. The van der Waals surface area contributed by atoms with Crippen LogP contribution in [0.25, 0.3) is 0 Å². The highest BCUT2D eigenvalue weighted by Crippen LogP contribution is 2.26. The summed E-state index contributed by atoms with van der Waals surface area (Å²) < 4.78 is 0. The molecule has 1 saturated carbocycles. The van der Waals surface area contributed by atoms with E-state index < -0.39 is 0 Å². The summed E-state index contributed by atoms with van der Waals surface area (Å²) in [4.78, 5) is 1.97. The van der Waals surface area contributed by atoms with Gasteiger partial charge in [-0.25, -0.2) is 0 Å². The van der Waals surface area contributed by atoms with E-state index in [1.165, 1.54) is 68.9 Å². The summed E-state index contributed by atoms with van der Waals surface area (Å²) in [5.74, 6) is 0. The molecule has 4 atom stereocenters. The van der Waals surface area contributed by atoms with Gasteiger partial charge in [-0.05, 0) is 94.3 Å². The molecule has 3 nitrogen and oxygen atoms in total. The van der Waals surface area contributed by atoms with Gasteiger partial charge >= 0.3 is 0 Å². The van der Waals surface area contributed by atoms with Crippen molar-refractivity contribution in [3.63, 3.8) is 0 Å². The molecule has 4 heteroatoms. The Bertz CT molecular complexity index is 639. The van der Waals surface area contributed by atoms with Gasteiger partial charge in [0.1, 0.15) is 0 Å². The Morgan fingerprint density at radius 3 is 2.23 bits per heavy atom. The number of hydrogen-bond acceptors (Lipinski definition) is 1. The van der Waals surface area contributed by atoms with Crippen LogP contribution in [-0.2, 0) is 0 Å². The molecule has 1 aromatic rings. The van der Waals surface area contributed by atoms with E-state index in [0.717, 1.165) is 28.9 Å². The fourth-order valence-electron chi connectivity index (χ4n) is 5.78. The van der Waals surface area contributed by atoms with E-state index in [-0.39, 0.29) is 0 Å². The smallest absolute Gasteiger partial charge is 0.171 e. The van der Waals surface area contributed by atoms with Crippen LogP contribution >= 0.6 is 12.2 Å². The zero-order valence-electron chi connectivity index (χ0n) is 16.3. The Morgan fingerprint density at radius 1 is 0.923 bits per heavy atom. The molecule has 3 aliphatic rings. The molecule has 2 bridgehead atoms. The highest BCUT2D eigenvalue weighted by Gasteiger charge is 2.45. The minimum Gasteiger partial charge on any atom is -0.359 e. The van der Waals surface area contributed by atoms with Gasteiger partial charge in [0.2, 0.25) is 0 Å². The van der Waals surface area contributed by atoms with Gasteiger partial charge in [0.25, 0.3) is 0 Å². The van der Waals surface area contributed by atoms with Crippen molar-refractivity contribution in [3.05, 3.63) is 29.3 Å². The van der Waals surface area contributed by atoms with E-state index in [1.807, 2.05) is 4.90 Å². The lowest BCUT2D eigenvalue weighted by atomic mass is 9.80. The number of aryl methyl sites for hydroxylation is 2. The molecule has 26 heavy (non-hydrogen) atoms. The van der Waals surface area contributed by atoms with E-state index in [9.17, 15) is 0 Å². The molecule has 2 heterocycles. The second-order valence-electron chi connectivity index (χ2n) is 8.87. The molecule has 3 N–H and O–H groups in total.